The third-order valence-electron chi connectivity index (χ3n) is 6.43. The number of likely N-dealkylation sites (N-methyl/N-ethyl adjacent to an activating group) is 1. The smallest absolute Gasteiger partial charge is 0.256 e. The van der Waals surface area contributed by atoms with Crippen molar-refractivity contribution in [2.45, 2.75) is 39.2 Å². The number of pyridine rings is 1. The highest BCUT2D eigenvalue weighted by Crippen LogP contribution is 2.26. The maximum Gasteiger partial charge on any atom is 0.256 e. The summed E-state index contributed by atoms with van der Waals surface area (Å²) in [6, 6.07) is 8.85. The summed E-state index contributed by atoms with van der Waals surface area (Å²) in [6.45, 7) is 5.28. The standard InChI is InChI=1S/C28H30FN5O/c1-5-21-10-7-19(16-30-21)8-11-24-26(6-2)31-18-32-27(24)20-9-12-23(25(29)15-20)28(35)34-14-13-22(17-34)33(3)4/h7,9-10,12,15-16,18,22H,5-6,13-14,17H2,1-4H3/t22-/m0/s1. The second kappa shape index (κ2) is 10.7. The first-order valence-electron chi connectivity index (χ1n) is 12.0. The molecule has 0 bridgehead atoms. The van der Waals surface area contributed by atoms with Crippen LogP contribution in [0.3, 0.4) is 0 Å². The van der Waals surface area contributed by atoms with Crippen LogP contribution in [0.25, 0.3) is 11.3 Å². The third-order valence-corrected chi connectivity index (χ3v) is 6.43. The van der Waals surface area contributed by atoms with Crippen LogP contribution in [-0.2, 0) is 12.8 Å². The van der Waals surface area contributed by atoms with Crippen LogP contribution in [0.15, 0.2) is 42.9 Å². The normalized spacial score (nSPS) is 15.3. The molecule has 2 aromatic heterocycles. The van der Waals surface area contributed by atoms with Gasteiger partial charge in [-0.3, -0.25) is 9.78 Å². The van der Waals surface area contributed by atoms with Gasteiger partial charge in [0.1, 0.15) is 12.1 Å². The Morgan fingerprint density at radius 1 is 1.11 bits per heavy atom. The Kier molecular flexibility index (Phi) is 7.52. The molecule has 3 aromatic rings. The van der Waals surface area contributed by atoms with E-state index in [2.05, 4.69) is 38.6 Å². The highest BCUT2D eigenvalue weighted by molar-refractivity contribution is 5.95. The molecule has 180 valence electrons. The number of hydrogen-bond acceptors (Lipinski definition) is 5. The maximum atomic E-state index is 15.2. The first-order valence-corrected chi connectivity index (χ1v) is 12.0. The second-order valence-corrected chi connectivity index (χ2v) is 8.89. The van der Waals surface area contributed by atoms with Crippen molar-refractivity contribution in [3.05, 3.63) is 76.8 Å². The van der Waals surface area contributed by atoms with Crippen molar-refractivity contribution < 1.29 is 9.18 Å². The molecule has 0 aliphatic carbocycles. The van der Waals surface area contributed by atoms with Crippen molar-refractivity contribution in [1.29, 1.82) is 0 Å². The summed E-state index contributed by atoms with van der Waals surface area (Å²) in [5.74, 6) is 5.49. The molecule has 4 rings (SSSR count). The van der Waals surface area contributed by atoms with Crippen LogP contribution in [0.2, 0.25) is 0 Å². The van der Waals surface area contributed by atoms with E-state index in [1.165, 1.54) is 12.4 Å². The zero-order valence-corrected chi connectivity index (χ0v) is 20.7. The Morgan fingerprint density at radius 3 is 2.57 bits per heavy atom. The highest BCUT2D eigenvalue weighted by atomic mass is 19.1. The number of aryl methyl sites for hydroxylation is 2. The van der Waals surface area contributed by atoms with Gasteiger partial charge in [0.2, 0.25) is 0 Å². The number of aromatic nitrogens is 3. The third kappa shape index (κ3) is 5.39. The minimum Gasteiger partial charge on any atom is -0.337 e. The zero-order valence-electron chi connectivity index (χ0n) is 20.7. The van der Waals surface area contributed by atoms with Gasteiger partial charge in [0.15, 0.2) is 0 Å². The van der Waals surface area contributed by atoms with Crippen molar-refractivity contribution in [2.24, 2.45) is 0 Å². The van der Waals surface area contributed by atoms with Gasteiger partial charge in [-0.25, -0.2) is 14.4 Å². The van der Waals surface area contributed by atoms with Gasteiger partial charge >= 0.3 is 0 Å². The van der Waals surface area contributed by atoms with Crippen molar-refractivity contribution in [3.8, 4) is 23.1 Å². The van der Waals surface area contributed by atoms with E-state index in [-0.39, 0.29) is 11.5 Å². The molecule has 1 fully saturated rings. The van der Waals surface area contributed by atoms with Gasteiger partial charge < -0.3 is 9.80 Å². The number of rotatable bonds is 5. The average molecular weight is 472 g/mol. The summed E-state index contributed by atoms with van der Waals surface area (Å²) in [4.78, 5) is 30.0. The topological polar surface area (TPSA) is 62.2 Å². The fourth-order valence-corrected chi connectivity index (χ4v) is 4.24. The number of halogens is 1. The lowest BCUT2D eigenvalue weighted by Gasteiger charge is -2.20. The van der Waals surface area contributed by atoms with Crippen LogP contribution in [0.5, 0.6) is 0 Å². The van der Waals surface area contributed by atoms with Crippen LogP contribution in [0.4, 0.5) is 4.39 Å². The second-order valence-electron chi connectivity index (χ2n) is 8.89. The van der Waals surface area contributed by atoms with Crippen LogP contribution < -0.4 is 0 Å². The van der Waals surface area contributed by atoms with E-state index in [1.807, 2.05) is 33.2 Å². The number of nitrogens with zero attached hydrogens (tertiary/aromatic N) is 5. The van der Waals surface area contributed by atoms with Gasteiger partial charge in [-0.1, -0.05) is 31.8 Å². The van der Waals surface area contributed by atoms with Gasteiger partial charge in [-0.05, 0) is 57.6 Å². The predicted molar refractivity (Wildman–Crippen MR) is 134 cm³/mol. The molecular weight excluding hydrogens is 441 g/mol. The molecule has 6 nitrogen and oxygen atoms in total. The first-order chi connectivity index (χ1) is 16.9. The van der Waals surface area contributed by atoms with Crippen LogP contribution in [0.1, 0.15) is 53.1 Å². The molecule has 0 radical (unpaired) electrons. The fourth-order valence-electron chi connectivity index (χ4n) is 4.24. The Hall–Kier alpha value is -3.63. The summed E-state index contributed by atoms with van der Waals surface area (Å²) < 4.78 is 15.2. The molecule has 35 heavy (non-hydrogen) atoms. The van der Waals surface area contributed by atoms with Gasteiger partial charge in [0.05, 0.1) is 22.5 Å². The Labute approximate surface area is 206 Å². The minimum atomic E-state index is -0.560. The summed E-state index contributed by atoms with van der Waals surface area (Å²) in [6.07, 6.45) is 5.63. The van der Waals surface area contributed by atoms with E-state index in [4.69, 9.17) is 0 Å². The van der Waals surface area contributed by atoms with Gasteiger partial charge in [0, 0.05) is 42.1 Å². The summed E-state index contributed by atoms with van der Waals surface area (Å²) in [5.41, 5.74) is 4.42. The Morgan fingerprint density at radius 2 is 1.94 bits per heavy atom. The lowest BCUT2D eigenvalue weighted by atomic mass is 10.0. The summed E-state index contributed by atoms with van der Waals surface area (Å²) in [5, 5.41) is 0. The molecule has 7 heteroatoms. The lowest BCUT2D eigenvalue weighted by molar-refractivity contribution is 0.0778. The number of carbonyl (C=O) groups excluding carboxylic acids is 1. The molecule has 1 saturated heterocycles. The quantitative estimate of drug-likeness (QED) is 0.527. The maximum absolute atomic E-state index is 15.2. The van der Waals surface area contributed by atoms with Crippen molar-refractivity contribution >= 4 is 5.91 Å². The average Bonchev–Trinajstić information content (AvgIpc) is 3.38. The highest BCUT2D eigenvalue weighted by Gasteiger charge is 2.29. The van der Waals surface area contributed by atoms with Crippen LogP contribution >= 0.6 is 0 Å². The predicted octanol–water partition coefficient (Wildman–Crippen LogP) is 3.98. The summed E-state index contributed by atoms with van der Waals surface area (Å²) >= 11 is 0. The van der Waals surface area contributed by atoms with Crippen LogP contribution in [0, 0.1) is 17.7 Å². The molecule has 0 spiro atoms. The van der Waals surface area contributed by atoms with E-state index in [1.54, 1.807) is 23.2 Å². The lowest BCUT2D eigenvalue weighted by Crippen LogP contribution is -2.34. The van der Waals surface area contributed by atoms with Gasteiger partial charge in [0.25, 0.3) is 5.91 Å². The molecule has 0 saturated carbocycles. The molecule has 1 aliphatic rings. The van der Waals surface area contributed by atoms with Crippen molar-refractivity contribution in [2.75, 3.05) is 27.2 Å². The minimum absolute atomic E-state index is 0.0765. The number of likely N-dealkylation sites (tertiary alicyclic amines) is 1. The van der Waals surface area contributed by atoms with E-state index in [0.717, 1.165) is 29.8 Å². The number of amides is 1. The van der Waals surface area contributed by atoms with Crippen LogP contribution in [-0.4, -0.2) is 63.9 Å². The van der Waals surface area contributed by atoms with E-state index < -0.39 is 5.82 Å². The molecular formula is C28H30FN5O. The molecule has 1 amide bonds. The number of hydrogen-bond donors (Lipinski definition) is 0. The van der Waals surface area contributed by atoms with Crippen molar-refractivity contribution in [1.82, 2.24) is 24.8 Å². The van der Waals surface area contributed by atoms with E-state index in [0.29, 0.717) is 42.4 Å². The molecule has 1 aliphatic heterocycles. The largest absolute Gasteiger partial charge is 0.337 e. The Balaban J connectivity index is 1.65. The monoisotopic (exact) mass is 471 g/mol. The molecule has 1 aromatic carbocycles. The van der Waals surface area contributed by atoms with E-state index >= 15 is 4.39 Å². The number of carbonyl (C=O) groups is 1. The zero-order chi connectivity index (χ0) is 24.9. The van der Waals surface area contributed by atoms with Gasteiger partial charge in [-0.15, -0.1) is 0 Å². The van der Waals surface area contributed by atoms with Gasteiger partial charge in [-0.2, -0.15) is 0 Å². The molecule has 0 unspecified atom stereocenters. The van der Waals surface area contributed by atoms with Crippen molar-refractivity contribution in [3.63, 3.8) is 0 Å². The SMILES string of the molecule is CCc1ccc(C#Cc2c(CC)ncnc2-c2ccc(C(=O)N3CC[C@H](N(C)C)C3)c(F)c2)cn1. The molecule has 0 N–H and O–H groups in total. The molecule has 1 atom stereocenters. The summed E-state index contributed by atoms with van der Waals surface area (Å²) in [7, 11) is 4.00. The Bertz CT molecular complexity index is 1280. The number of benzene rings is 1. The van der Waals surface area contributed by atoms with E-state index in [9.17, 15) is 4.79 Å². The first kappa shape index (κ1) is 24.5. The molecule has 3 heterocycles. The fraction of sp³-hybridized carbons (Fsp3) is 0.357.